The number of rotatable bonds is 4. The number of hydrogen-bond acceptors (Lipinski definition) is 5. The van der Waals surface area contributed by atoms with Gasteiger partial charge in [0, 0.05) is 31.3 Å². The summed E-state index contributed by atoms with van der Waals surface area (Å²) in [4.78, 5) is 28.4. The fraction of sp³-hybridized carbons (Fsp3) is 0.524. The van der Waals surface area contributed by atoms with Gasteiger partial charge in [-0.05, 0) is 58.7 Å². The Hall–Kier alpha value is -2.74. The lowest BCUT2D eigenvalue weighted by Crippen LogP contribution is -2.46. The van der Waals surface area contributed by atoms with Gasteiger partial charge in [0.1, 0.15) is 0 Å². The van der Waals surface area contributed by atoms with Gasteiger partial charge in [-0.3, -0.25) is 14.9 Å². The number of nitro groups is 1. The molecule has 1 aromatic heterocycles. The molecule has 0 radical (unpaired) electrons. The average Bonchev–Trinajstić information content (AvgIpc) is 3.36. The Labute approximate surface area is 170 Å². The van der Waals surface area contributed by atoms with Crippen molar-refractivity contribution in [1.82, 2.24) is 19.6 Å². The zero-order valence-corrected chi connectivity index (χ0v) is 17.0. The maximum absolute atomic E-state index is 13.2. The highest BCUT2D eigenvalue weighted by Crippen LogP contribution is 2.25. The number of benzene rings is 1. The van der Waals surface area contributed by atoms with Crippen molar-refractivity contribution in [3.8, 4) is 5.69 Å². The first-order valence-electron chi connectivity index (χ1n) is 10.3. The number of aryl methyl sites for hydroxylation is 1. The van der Waals surface area contributed by atoms with E-state index in [2.05, 4.69) is 10.00 Å². The van der Waals surface area contributed by atoms with Crippen LogP contribution < -0.4 is 0 Å². The first-order valence-corrected chi connectivity index (χ1v) is 10.3. The first-order chi connectivity index (χ1) is 14.0. The molecule has 0 N–H and O–H groups in total. The second kappa shape index (κ2) is 7.94. The number of nitro benzene ring substituents is 1. The molecule has 0 saturated carbocycles. The molecule has 154 valence electrons. The topological polar surface area (TPSA) is 84.5 Å². The van der Waals surface area contributed by atoms with E-state index in [1.807, 2.05) is 18.7 Å². The maximum Gasteiger partial charge on any atom is 0.271 e. The van der Waals surface area contributed by atoms with Crippen LogP contribution in [0.1, 0.15) is 47.4 Å². The summed E-state index contributed by atoms with van der Waals surface area (Å²) in [6.45, 7) is 7.58. The number of hydrogen-bond donors (Lipinski definition) is 0. The smallest absolute Gasteiger partial charge is 0.271 e. The predicted molar refractivity (Wildman–Crippen MR) is 109 cm³/mol. The third-order valence-corrected chi connectivity index (χ3v) is 6.20. The molecule has 1 aromatic carbocycles. The largest absolute Gasteiger partial charge is 0.338 e. The Morgan fingerprint density at radius 1 is 1.14 bits per heavy atom. The SMILES string of the molecule is Cc1nn(-c2cccc([N+](=O)[O-])c2)c(C)c1C(=O)N1CCC(N2CCCC2)CC1. The summed E-state index contributed by atoms with van der Waals surface area (Å²) in [6.07, 6.45) is 4.61. The molecule has 0 aliphatic carbocycles. The molecular weight excluding hydrogens is 370 g/mol. The quantitative estimate of drug-likeness (QED) is 0.585. The van der Waals surface area contributed by atoms with Gasteiger partial charge < -0.3 is 9.80 Å². The summed E-state index contributed by atoms with van der Waals surface area (Å²) in [5.41, 5.74) is 2.57. The lowest BCUT2D eigenvalue weighted by molar-refractivity contribution is -0.384. The van der Waals surface area contributed by atoms with Crippen molar-refractivity contribution in [2.75, 3.05) is 26.2 Å². The van der Waals surface area contributed by atoms with Crippen LogP contribution in [0.15, 0.2) is 24.3 Å². The predicted octanol–water partition coefficient (Wildman–Crippen LogP) is 3.10. The number of amides is 1. The Kier molecular flexibility index (Phi) is 5.36. The maximum atomic E-state index is 13.2. The van der Waals surface area contributed by atoms with Gasteiger partial charge in [0.25, 0.3) is 11.6 Å². The van der Waals surface area contributed by atoms with E-state index in [0.717, 1.165) is 31.6 Å². The van der Waals surface area contributed by atoms with Crippen LogP contribution in [0.5, 0.6) is 0 Å². The average molecular weight is 397 g/mol. The van der Waals surface area contributed by atoms with Crippen molar-refractivity contribution in [3.63, 3.8) is 0 Å². The molecule has 0 atom stereocenters. The van der Waals surface area contributed by atoms with E-state index in [1.165, 1.54) is 38.1 Å². The van der Waals surface area contributed by atoms with E-state index in [0.29, 0.717) is 23.0 Å². The standard InChI is InChI=1S/C21H27N5O3/c1-15-20(16(2)25(22-15)18-6-5-7-19(14-18)26(28)29)21(27)24-12-8-17(9-13-24)23-10-3-4-11-23/h5-7,14,17H,3-4,8-13H2,1-2H3. The summed E-state index contributed by atoms with van der Waals surface area (Å²) in [6, 6.07) is 6.92. The summed E-state index contributed by atoms with van der Waals surface area (Å²) in [5, 5.41) is 15.6. The molecule has 0 spiro atoms. The number of piperidine rings is 1. The number of carbonyl (C=O) groups excluding carboxylic acids is 1. The van der Waals surface area contributed by atoms with E-state index in [-0.39, 0.29) is 11.6 Å². The van der Waals surface area contributed by atoms with Crippen LogP contribution in [0, 0.1) is 24.0 Å². The Morgan fingerprint density at radius 3 is 2.48 bits per heavy atom. The Bertz CT molecular complexity index is 924. The molecule has 2 aliphatic heterocycles. The van der Waals surface area contributed by atoms with Crippen LogP contribution in [0.3, 0.4) is 0 Å². The van der Waals surface area contributed by atoms with Crippen LogP contribution >= 0.6 is 0 Å². The highest BCUT2D eigenvalue weighted by atomic mass is 16.6. The van der Waals surface area contributed by atoms with E-state index in [1.54, 1.807) is 16.8 Å². The van der Waals surface area contributed by atoms with Crippen molar-refractivity contribution in [1.29, 1.82) is 0 Å². The van der Waals surface area contributed by atoms with E-state index >= 15 is 0 Å². The third-order valence-electron chi connectivity index (χ3n) is 6.20. The highest BCUT2D eigenvalue weighted by molar-refractivity contribution is 5.96. The summed E-state index contributed by atoms with van der Waals surface area (Å²) < 4.78 is 1.63. The highest BCUT2D eigenvalue weighted by Gasteiger charge is 2.31. The fourth-order valence-electron chi connectivity index (χ4n) is 4.64. The van der Waals surface area contributed by atoms with Gasteiger partial charge in [-0.25, -0.2) is 4.68 Å². The molecule has 4 rings (SSSR count). The normalized spacial score (nSPS) is 18.3. The minimum atomic E-state index is -0.425. The van der Waals surface area contributed by atoms with Crippen LogP contribution in [-0.2, 0) is 0 Å². The van der Waals surface area contributed by atoms with Crippen molar-refractivity contribution in [3.05, 3.63) is 51.3 Å². The van der Waals surface area contributed by atoms with Crippen molar-refractivity contribution in [2.45, 2.75) is 45.6 Å². The second-order valence-electron chi connectivity index (χ2n) is 8.00. The molecule has 3 heterocycles. The number of non-ortho nitro benzene ring substituents is 1. The van der Waals surface area contributed by atoms with Crippen molar-refractivity contribution < 1.29 is 9.72 Å². The van der Waals surface area contributed by atoms with E-state index < -0.39 is 4.92 Å². The van der Waals surface area contributed by atoms with Gasteiger partial charge >= 0.3 is 0 Å². The van der Waals surface area contributed by atoms with Crippen molar-refractivity contribution in [2.24, 2.45) is 0 Å². The third kappa shape index (κ3) is 3.76. The first kappa shape index (κ1) is 19.6. The van der Waals surface area contributed by atoms with Crippen LogP contribution in [0.25, 0.3) is 5.69 Å². The van der Waals surface area contributed by atoms with Gasteiger partial charge in [0.05, 0.1) is 27.6 Å². The summed E-state index contributed by atoms with van der Waals surface area (Å²) in [5.74, 6) is 0.0107. The van der Waals surface area contributed by atoms with E-state index in [4.69, 9.17) is 0 Å². The molecule has 8 nitrogen and oxygen atoms in total. The lowest BCUT2D eigenvalue weighted by Gasteiger charge is -2.36. The zero-order chi connectivity index (χ0) is 20.5. The Balaban J connectivity index is 1.53. The number of nitrogens with zero attached hydrogens (tertiary/aromatic N) is 5. The van der Waals surface area contributed by atoms with E-state index in [9.17, 15) is 14.9 Å². The minimum Gasteiger partial charge on any atom is -0.338 e. The molecule has 0 unspecified atom stereocenters. The van der Waals surface area contributed by atoms with Gasteiger partial charge in [-0.2, -0.15) is 5.10 Å². The molecule has 1 amide bonds. The summed E-state index contributed by atoms with van der Waals surface area (Å²) >= 11 is 0. The molecule has 8 heteroatoms. The van der Waals surface area contributed by atoms with Crippen LogP contribution in [-0.4, -0.2) is 62.6 Å². The molecular formula is C21H27N5O3. The second-order valence-corrected chi connectivity index (χ2v) is 8.00. The molecule has 2 aromatic rings. The number of aromatic nitrogens is 2. The van der Waals surface area contributed by atoms with Gasteiger partial charge in [-0.1, -0.05) is 6.07 Å². The molecule has 2 aliphatic rings. The Morgan fingerprint density at radius 2 is 1.83 bits per heavy atom. The van der Waals surface area contributed by atoms with Crippen LogP contribution in [0.4, 0.5) is 5.69 Å². The molecule has 2 saturated heterocycles. The molecule has 0 bridgehead atoms. The van der Waals surface area contributed by atoms with Crippen LogP contribution in [0.2, 0.25) is 0 Å². The summed E-state index contributed by atoms with van der Waals surface area (Å²) in [7, 11) is 0. The molecule has 2 fully saturated rings. The van der Waals surface area contributed by atoms with Gasteiger partial charge in [0.2, 0.25) is 0 Å². The fourth-order valence-corrected chi connectivity index (χ4v) is 4.64. The van der Waals surface area contributed by atoms with Crippen molar-refractivity contribution >= 4 is 11.6 Å². The van der Waals surface area contributed by atoms with Gasteiger partial charge in [-0.15, -0.1) is 0 Å². The molecule has 29 heavy (non-hydrogen) atoms. The number of likely N-dealkylation sites (tertiary alicyclic amines) is 2. The minimum absolute atomic E-state index is 0.00640. The monoisotopic (exact) mass is 397 g/mol. The zero-order valence-electron chi connectivity index (χ0n) is 17.0. The van der Waals surface area contributed by atoms with Gasteiger partial charge in [0.15, 0.2) is 0 Å². The number of carbonyl (C=O) groups is 1. The lowest BCUT2D eigenvalue weighted by atomic mass is 10.0.